The van der Waals surface area contributed by atoms with Crippen molar-refractivity contribution in [2.24, 2.45) is 23.7 Å². The van der Waals surface area contributed by atoms with Crippen LogP contribution in [0.15, 0.2) is 60.9 Å². The lowest BCUT2D eigenvalue weighted by Gasteiger charge is -2.48. The summed E-state index contributed by atoms with van der Waals surface area (Å²) in [5, 5.41) is 88.5. The number of carboxylic acid groups (broad SMARTS) is 1. The summed E-state index contributed by atoms with van der Waals surface area (Å²) in [6.07, 6.45) is -11.6. The quantitative estimate of drug-likeness (QED) is 0.0380. The number of hydrogen-bond acceptors (Lipinski definition) is 18. The third-order valence-electron chi connectivity index (χ3n) is 14.8. The van der Waals surface area contributed by atoms with Gasteiger partial charge in [0, 0.05) is 41.7 Å². The van der Waals surface area contributed by atoms with Gasteiger partial charge in [-0.25, -0.2) is 9.59 Å². The number of aromatic nitrogens is 4. The Morgan fingerprint density at radius 1 is 0.918 bits per heavy atom. The van der Waals surface area contributed by atoms with Crippen molar-refractivity contribution in [2.45, 2.75) is 165 Å². The number of carbonyl (C=O) groups is 3. The number of aliphatic hydroxyl groups excluding tert-OH is 5. The van der Waals surface area contributed by atoms with Crippen LogP contribution in [0.2, 0.25) is 0 Å². The molecule has 4 aliphatic rings. The van der Waals surface area contributed by atoms with Gasteiger partial charge >= 0.3 is 11.9 Å². The summed E-state index contributed by atoms with van der Waals surface area (Å²) in [5.74, 6) is -3.44. The van der Waals surface area contributed by atoms with E-state index in [4.69, 9.17) is 28.4 Å². The van der Waals surface area contributed by atoms with Crippen LogP contribution in [0.5, 0.6) is 0 Å². The van der Waals surface area contributed by atoms with E-state index in [-0.39, 0.29) is 43.0 Å². The number of hydrogen-bond donors (Lipinski definition) is 8. The SMILES string of the molecule is CC1CCC(C[C@H](OC2C(O)C(CO)O[C@@H](O[C@@H]3CC(C(=O)NCc4cn(CCc5c[nH]c6ccc([N+](=O)[O-])cc56)nn4)CC(C)C3O[C@@H]3OC(C)[C@@H](O)C(O)C3O)C2OC(=O)c2ccccc2)C(=O)O)CC1. The highest BCUT2D eigenvalue weighted by molar-refractivity contribution is 5.89. The minimum atomic E-state index is -1.72. The smallest absolute Gasteiger partial charge is 0.338 e. The molecule has 15 atom stereocenters. The van der Waals surface area contributed by atoms with Crippen molar-refractivity contribution in [3.05, 3.63) is 87.9 Å². The van der Waals surface area contributed by atoms with Crippen LogP contribution >= 0.6 is 0 Å². The first-order chi connectivity index (χ1) is 35.0. The van der Waals surface area contributed by atoms with Crippen molar-refractivity contribution in [2.75, 3.05) is 6.61 Å². The number of aryl methyl sites for hydroxylation is 2. The van der Waals surface area contributed by atoms with Crippen LogP contribution in [-0.2, 0) is 57.5 Å². The van der Waals surface area contributed by atoms with Gasteiger partial charge in [-0.2, -0.15) is 0 Å². The third kappa shape index (κ3) is 12.7. The van der Waals surface area contributed by atoms with Crippen molar-refractivity contribution in [1.29, 1.82) is 0 Å². The van der Waals surface area contributed by atoms with Crippen LogP contribution in [0, 0.1) is 33.8 Å². The van der Waals surface area contributed by atoms with Crippen molar-refractivity contribution in [3.63, 3.8) is 0 Å². The van der Waals surface area contributed by atoms with Crippen molar-refractivity contribution in [1.82, 2.24) is 25.3 Å². The average molecular weight is 1020 g/mol. The molecule has 0 bridgehead atoms. The highest BCUT2D eigenvalue weighted by Gasteiger charge is 2.54. The second-order valence-electron chi connectivity index (χ2n) is 20.1. The minimum absolute atomic E-state index is 0.00232. The molecular weight excluding hydrogens is 957 g/mol. The molecular formula is C50H66N6O17. The molecule has 2 aliphatic heterocycles. The molecule has 4 aromatic rings. The van der Waals surface area contributed by atoms with Gasteiger partial charge in [-0.05, 0) is 74.1 Å². The Morgan fingerprint density at radius 2 is 1.67 bits per heavy atom. The van der Waals surface area contributed by atoms with Gasteiger partial charge in [-0.15, -0.1) is 5.10 Å². The number of nitro benzene ring substituents is 1. The fourth-order valence-electron chi connectivity index (χ4n) is 10.5. The van der Waals surface area contributed by atoms with E-state index in [0.29, 0.717) is 24.6 Å². The molecule has 8 N–H and O–H groups in total. The molecule has 1 amide bonds. The number of fused-ring (bicyclic) bond motifs is 1. The first-order valence-electron chi connectivity index (χ1n) is 25.0. The summed E-state index contributed by atoms with van der Waals surface area (Å²) in [4.78, 5) is 55.0. The molecule has 4 fully saturated rings. The summed E-state index contributed by atoms with van der Waals surface area (Å²) < 4.78 is 39.1. The Labute approximate surface area is 420 Å². The number of ether oxygens (including phenoxy) is 6. The lowest BCUT2D eigenvalue weighted by molar-refractivity contribution is -0.384. The highest BCUT2D eigenvalue weighted by Crippen LogP contribution is 2.40. The van der Waals surface area contributed by atoms with Crippen molar-refractivity contribution < 1.29 is 78.4 Å². The Balaban J connectivity index is 1.03. The number of nitrogens with one attached hydrogen (secondary N) is 2. The predicted molar refractivity (Wildman–Crippen MR) is 254 cm³/mol. The fourth-order valence-corrected chi connectivity index (χ4v) is 10.5. The van der Waals surface area contributed by atoms with E-state index in [2.05, 4.69) is 27.5 Å². The molecule has 2 saturated carbocycles. The molecule has 23 heteroatoms. The van der Waals surface area contributed by atoms with E-state index in [1.165, 1.54) is 31.2 Å². The predicted octanol–water partition coefficient (Wildman–Crippen LogP) is 2.53. The van der Waals surface area contributed by atoms with E-state index < -0.39 is 121 Å². The molecule has 2 aliphatic carbocycles. The average Bonchev–Trinajstić information content (AvgIpc) is 4.02. The normalized spacial score (nSPS) is 33.2. The van der Waals surface area contributed by atoms with Gasteiger partial charge in [0.15, 0.2) is 24.8 Å². The third-order valence-corrected chi connectivity index (χ3v) is 14.8. The number of nitrogens with zero attached hydrogens (tertiary/aromatic N) is 4. The first kappa shape index (κ1) is 53.8. The van der Waals surface area contributed by atoms with E-state index in [1.807, 2.05) is 0 Å². The molecule has 4 heterocycles. The van der Waals surface area contributed by atoms with Gasteiger partial charge in [-0.1, -0.05) is 62.9 Å². The lowest BCUT2D eigenvalue weighted by Crippen LogP contribution is -2.64. The molecule has 73 heavy (non-hydrogen) atoms. The van der Waals surface area contributed by atoms with Crippen molar-refractivity contribution >= 4 is 34.4 Å². The number of carbonyl (C=O) groups excluding carboxylic acids is 2. The van der Waals surface area contributed by atoms with Gasteiger partial charge in [0.05, 0.1) is 48.1 Å². The fraction of sp³-hybridized carbons (Fsp3) is 0.620. The Hall–Kier alpha value is -5.47. The zero-order chi connectivity index (χ0) is 52.1. The van der Waals surface area contributed by atoms with Crippen LogP contribution in [0.4, 0.5) is 5.69 Å². The maximum atomic E-state index is 14.2. The molecule has 8 rings (SSSR count). The highest BCUT2D eigenvalue weighted by atomic mass is 16.7. The first-order valence-corrected chi connectivity index (χ1v) is 25.0. The van der Waals surface area contributed by atoms with E-state index in [9.17, 15) is 55.1 Å². The minimum Gasteiger partial charge on any atom is -0.479 e. The summed E-state index contributed by atoms with van der Waals surface area (Å²) in [5.41, 5.74) is 2.13. The largest absolute Gasteiger partial charge is 0.479 e. The number of carboxylic acids is 1. The van der Waals surface area contributed by atoms with Crippen LogP contribution < -0.4 is 5.32 Å². The van der Waals surface area contributed by atoms with Gasteiger partial charge in [0.2, 0.25) is 5.91 Å². The maximum absolute atomic E-state index is 14.2. The number of rotatable bonds is 19. The topological polar surface area (TPSA) is 330 Å². The Bertz CT molecular complexity index is 2500. The number of aliphatic carboxylic acids is 1. The van der Waals surface area contributed by atoms with Gasteiger partial charge in [0.25, 0.3) is 5.69 Å². The van der Waals surface area contributed by atoms with E-state index in [1.54, 1.807) is 48.3 Å². The van der Waals surface area contributed by atoms with Gasteiger partial charge in [-0.3, -0.25) is 19.6 Å². The number of aromatic amines is 1. The summed E-state index contributed by atoms with van der Waals surface area (Å²) >= 11 is 0. The lowest BCUT2D eigenvalue weighted by atomic mass is 9.77. The number of aliphatic hydroxyl groups is 5. The summed E-state index contributed by atoms with van der Waals surface area (Å²) in [7, 11) is 0. The molecule has 2 aromatic carbocycles. The van der Waals surface area contributed by atoms with E-state index >= 15 is 0 Å². The summed E-state index contributed by atoms with van der Waals surface area (Å²) in [6.45, 7) is 4.98. The van der Waals surface area contributed by atoms with Gasteiger partial charge < -0.3 is 69.4 Å². The van der Waals surface area contributed by atoms with Crippen LogP contribution in [0.3, 0.4) is 0 Å². The van der Waals surface area contributed by atoms with E-state index in [0.717, 1.165) is 42.1 Å². The number of benzene rings is 2. The molecule has 2 saturated heterocycles. The maximum Gasteiger partial charge on any atom is 0.338 e. The number of H-pyrrole nitrogens is 1. The molecule has 2 aromatic heterocycles. The number of esters is 1. The Morgan fingerprint density at radius 3 is 2.38 bits per heavy atom. The number of nitro groups is 1. The number of amides is 1. The molecule has 0 spiro atoms. The molecule has 10 unspecified atom stereocenters. The zero-order valence-electron chi connectivity index (χ0n) is 40.8. The van der Waals surface area contributed by atoms with Crippen LogP contribution in [0.25, 0.3) is 10.9 Å². The van der Waals surface area contributed by atoms with Crippen LogP contribution in [0.1, 0.15) is 87.3 Å². The van der Waals surface area contributed by atoms with Gasteiger partial charge in [0.1, 0.15) is 42.3 Å². The monoisotopic (exact) mass is 1020 g/mol. The van der Waals surface area contributed by atoms with Crippen molar-refractivity contribution in [3.8, 4) is 0 Å². The summed E-state index contributed by atoms with van der Waals surface area (Å²) in [6, 6.07) is 12.5. The Kier molecular flexibility index (Phi) is 17.6. The second kappa shape index (κ2) is 23.8. The zero-order valence-corrected chi connectivity index (χ0v) is 40.8. The molecule has 23 nitrogen and oxygen atoms in total. The molecule has 0 radical (unpaired) electrons. The standard InChI is InChI=1S/C50H66N6O17/c1-25-9-11-28(12-10-25)18-37(47(63)64)69-44-40(59)38(24-57)71-50(45(44)72-48(65)29-7-5-4-6-8-29)70-36-19-31(17-26(2)43(36)73-49-42(61)41(60)39(58)27(3)68-49)46(62)52-22-32-23-55(54-53-32)16-15-30-21-51-35-14-13-33(56(66)67)20-34(30)35/h4-8,13-14,20-21,23,25-28,31,36-45,49-51,57-61H,9-12,15-19,22,24H2,1-3H3,(H,52,62)(H,63,64)/t25?,26?,27?,28?,31?,36-,37+,38?,39-,40?,41?,42?,43?,44?,45?,49+,50-/m1/s1. The molecule has 398 valence electrons. The van der Waals surface area contributed by atoms with Crippen LogP contribution in [-0.4, -0.2) is 160 Å². The number of non-ortho nitro benzene ring substituents is 1. The second-order valence-corrected chi connectivity index (χ2v) is 20.1.